The van der Waals surface area contributed by atoms with E-state index in [1.807, 2.05) is 24.3 Å². The molecule has 0 N–H and O–H groups in total. The van der Waals surface area contributed by atoms with E-state index in [0.717, 1.165) is 17.7 Å². The summed E-state index contributed by atoms with van der Waals surface area (Å²) in [6.07, 6.45) is 2.20. The van der Waals surface area contributed by atoms with Crippen molar-refractivity contribution in [1.82, 2.24) is 9.88 Å². The van der Waals surface area contributed by atoms with Crippen LogP contribution in [0.4, 0.5) is 0 Å². The van der Waals surface area contributed by atoms with E-state index in [1.54, 1.807) is 4.90 Å². The van der Waals surface area contributed by atoms with Crippen LogP contribution in [0.1, 0.15) is 16.9 Å². The summed E-state index contributed by atoms with van der Waals surface area (Å²) < 4.78 is 16.3. The van der Waals surface area contributed by atoms with Crippen LogP contribution in [0.2, 0.25) is 0 Å². The monoisotopic (exact) mass is 350 g/mol. The number of amides is 1. The van der Waals surface area contributed by atoms with Crippen molar-refractivity contribution in [2.45, 2.75) is 6.42 Å². The van der Waals surface area contributed by atoms with Crippen LogP contribution in [0, 0.1) is 0 Å². The summed E-state index contributed by atoms with van der Waals surface area (Å²) in [7, 11) is 0. The van der Waals surface area contributed by atoms with E-state index >= 15 is 0 Å². The summed E-state index contributed by atoms with van der Waals surface area (Å²) in [5.41, 5.74) is 1.11. The van der Waals surface area contributed by atoms with Crippen LogP contribution in [0.25, 0.3) is 11.5 Å². The van der Waals surface area contributed by atoms with Gasteiger partial charge in [-0.1, -0.05) is 0 Å². The molecule has 1 amide bonds. The van der Waals surface area contributed by atoms with Gasteiger partial charge in [0.25, 0.3) is 5.91 Å². The van der Waals surface area contributed by atoms with Crippen LogP contribution in [-0.2, 0) is 4.74 Å². The quantitative estimate of drug-likeness (QED) is 0.592. The number of alkyl halides is 1. The van der Waals surface area contributed by atoms with Gasteiger partial charge in [0.05, 0.1) is 19.8 Å². The van der Waals surface area contributed by atoms with Gasteiger partial charge in [-0.3, -0.25) is 4.79 Å². The van der Waals surface area contributed by atoms with Crippen LogP contribution in [0.3, 0.4) is 0 Å². The highest BCUT2D eigenvalue weighted by molar-refractivity contribution is 6.17. The second-order valence-corrected chi connectivity index (χ2v) is 5.74. The van der Waals surface area contributed by atoms with Gasteiger partial charge in [0.1, 0.15) is 12.0 Å². The number of hydrogen-bond acceptors (Lipinski definition) is 5. The lowest BCUT2D eigenvalue weighted by molar-refractivity contribution is 0.0299. The Hall–Kier alpha value is -2.05. The van der Waals surface area contributed by atoms with Crippen molar-refractivity contribution >= 4 is 17.5 Å². The molecule has 0 atom stereocenters. The number of carbonyl (C=O) groups is 1. The number of nitrogens with zero attached hydrogens (tertiary/aromatic N) is 2. The van der Waals surface area contributed by atoms with E-state index < -0.39 is 0 Å². The molecule has 24 heavy (non-hydrogen) atoms. The van der Waals surface area contributed by atoms with E-state index in [9.17, 15) is 4.79 Å². The van der Waals surface area contributed by atoms with Gasteiger partial charge < -0.3 is 18.8 Å². The van der Waals surface area contributed by atoms with Gasteiger partial charge in [0.15, 0.2) is 5.69 Å². The van der Waals surface area contributed by atoms with Crippen molar-refractivity contribution in [2.24, 2.45) is 0 Å². The van der Waals surface area contributed by atoms with Crippen molar-refractivity contribution in [3.63, 3.8) is 0 Å². The molecule has 0 unspecified atom stereocenters. The van der Waals surface area contributed by atoms with E-state index in [2.05, 4.69) is 4.98 Å². The van der Waals surface area contributed by atoms with E-state index in [0.29, 0.717) is 50.4 Å². The third kappa shape index (κ3) is 4.07. The molecule has 2 heterocycles. The van der Waals surface area contributed by atoms with E-state index in [-0.39, 0.29) is 5.91 Å². The average molecular weight is 351 g/mol. The summed E-state index contributed by atoms with van der Waals surface area (Å²) in [6, 6.07) is 7.39. The number of ether oxygens (including phenoxy) is 2. The second-order valence-electron chi connectivity index (χ2n) is 5.36. The van der Waals surface area contributed by atoms with E-state index in [1.165, 1.54) is 6.26 Å². The Kier molecular flexibility index (Phi) is 5.72. The first-order chi connectivity index (χ1) is 11.8. The molecule has 6 nitrogen and oxygen atoms in total. The number of carbonyl (C=O) groups excluding carboxylic acids is 1. The number of halogens is 1. The standard InChI is InChI=1S/C17H19ClN2O4/c18-6-1-9-23-14-4-2-13(3-5-14)16-19-15(12-24-16)17(21)20-7-10-22-11-8-20/h2-5,12H,1,6-11H2. The van der Waals surface area contributed by atoms with Crippen LogP contribution >= 0.6 is 11.6 Å². The molecular weight excluding hydrogens is 332 g/mol. The minimum absolute atomic E-state index is 0.130. The summed E-state index contributed by atoms with van der Waals surface area (Å²) >= 11 is 5.62. The van der Waals surface area contributed by atoms with Crippen molar-refractivity contribution in [1.29, 1.82) is 0 Å². The molecule has 1 aromatic carbocycles. The van der Waals surface area contributed by atoms with Crippen molar-refractivity contribution in [3.05, 3.63) is 36.2 Å². The predicted octanol–water partition coefficient (Wildman–Crippen LogP) is 2.82. The number of rotatable bonds is 6. The summed E-state index contributed by atoms with van der Waals surface area (Å²) in [5.74, 6) is 1.63. The van der Waals surface area contributed by atoms with Crippen LogP contribution in [0.15, 0.2) is 34.9 Å². The third-order valence-electron chi connectivity index (χ3n) is 3.67. The highest BCUT2D eigenvalue weighted by Crippen LogP contribution is 2.22. The maximum atomic E-state index is 12.4. The molecule has 0 saturated carbocycles. The Morgan fingerprint density at radius 1 is 1.25 bits per heavy atom. The van der Waals surface area contributed by atoms with Gasteiger partial charge in [-0.25, -0.2) is 4.98 Å². The molecule has 0 bridgehead atoms. The Morgan fingerprint density at radius 2 is 2.00 bits per heavy atom. The molecule has 0 aliphatic carbocycles. The molecule has 1 saturated heterocycles. The molecule has 7 heteroatoms. The number of benzene rings is 1. The first-order valence-electron chi connectivity index (χ1n) is 7.89. The SMILES string of the molecule is O=C(c1coc(-c2ccc(OCCCCl)cc2)n1)N1CCOCC1. The van der Waals surface area contributed by atoms with Gasteiger partial charge >= 0.3 is 0 Å². The fraction of sp³-hybridized carbons (Fsp3) is 0.412. The summed E-state index contributed by atoms with van der Waals surface area (Å²) in [5, 5.41) is 0. The number of aromatic nitrogens is 1. The highest BCUT2D eigenvalue weighted by Gasteiger charge is 2.22. The van der Waals surface area contributed by atoms with Gasteiger partial charge in [-0.05, 0) is 30.7 Å². The lowest BCUT2D eigenvalue weighted by Crippen LogP contribution is -2.40. The summed E-state index contributed by atoms with van der Waals surface area (Å²) in [4.78, 5) is 18.4. The fourth-order valence-corrected chi connectivity index (χ4v) is 2.48. The van der Waals surface area contributed by atoms with Crippen molar-refractivity contribution in [2.75, 3.05) is 38.8 Å². The van der Waals surface area contributed by atoms with Crippen molar-refractivity contribution in [3.8, 4) is 17.2 Å². The smallest absolute Gasteiger partial charge is 0.275 e. The topological polar surface area (TPSA) is 64.8 Å². The minimum Gasteiger partial charge on any atom is -0.494 e. The predicted molar refractivity (Wildman–Crippen MR) is 89.5 cm³/mol. The molecular formula is C17H19ClN2O4. The zero-order valence-electron chi connectivity index (χ0n) is 13.2. The van der Waals surface area contributed by atoms with Gasteiger partial charge in [0.2, 0.25) is 5.89 Å². The Balaban J connectivity index is 1.65. The Labute approximate surface area is 145 Å². The summed E-state index contributed by atoms with van der Waals surface area (Å²) in [6.45, 7) is 2.86. The van der Waals surface area contributed by atoms with Gasteiger partial charge in [0, 0.05) is 24.5 Å². The Morgan fingerprint density at radius 3 is 2.71 bits per heavy atom. The molecule has 2 aromatic rings. The molecule has 3 rings (SSSR count). The zero-order valence-corrected chi connectivity index (χ0v) is 14.0. The third-order valence-corrected chi connectivity index (χ3v) is 3.94. The van der Waals surface area contributed by atoms with Gasteiger partial charge in [-0.15, -0.1) is 11.6 Å². The largest absolute Gasteiger partial charge is 0.494 e. The second kappa shape index (κ2) is 8.17. The highest BCUT2D eigenvalue weighted by atomic mass is 35.5. The molecule has 128 valence electrons. The van der Waals surface area contributed by atoms with Gasteiger partial charge in [-0.2, -0.15) is 0 Å². The number of morpholine rings is 1. The van der Waals surface area contributed by atoms with Crippen LogP contribution in [0.5, 0.6) is 5.75 Å². The van der Waals surface area contributed by atoms with E-state index in [4.69, 9.17) is 25.5 Å². The minimum atomic E-state index is -0.130. The molecule has 0 spiro atoms. The molecule has 1 aliphatic rings. The molecule has 1 aliphatic heterocycles. The fourth-order valence-electron chi connectivity index (χ4n) is 2.37. The average Bonchev–Trinajstić information content (AvgIpc) is 3.13. The van der Waals surface area contributed by atoms with Crippen molar-refractivity contribution < 1.29 is 18.7 Å². The first-order valence-corrected chi connectivity index (χ1v) is 8.43. The molecule has 1 aromatic heterocycles. The maximum absolute atomic E-state index is 12.4. The maximum Gasteiger partial charge on any atom is 0.275 e. The normalized spacial score (nSPS) is 14.6. The Bertz CT molecular complexity index is 665. The lowest BCUT2D eigenvalue weighted by atomic mass is 10.2. The first kappa shape index (κ1) is 16.8. The zero-order chi connectivity index (χ0) is 16.8. The van der Waals surface area contributed by atoms with Crippen LogP contribution < -0.4 is 4.74 Å². The van der Waals surface area contributed by atoms with Crippen LogP contribution in [-0.4, -0.2) is 54.6 Å². The lowest BCUT2D eigenvalue weighted by Gasteiger charge is -2.25. The molecule has 1 fully saturated rings. The number of oxazole rings is 1. The number of hydrogen-bond donors (Lipinski definition) is 0. The molecule has 0 radical (unpaired) electrons.